The van der Waals surface area contributed by atoms with Gasteiger partial charge in [-0.1, -0.05) is 18.2 Å². The van der Waals surface area contributed by atoms with Crippen molar-refractivity contribution in [3.05, 3.63) is 64.7 Å². The number of carbonyl (C=O) groups excluding carboxylic acids is 1. The third kappa shape index (κ3) is 4.55. The highest BCUT2D eigenvalue weighted by atomic mass is 35.5. The maximum absolute atomic E-state index is 12.9. The van der Waals surface area contributed by atoms with E-state index in [1.54, 1.807) is 29.2 Å². The first-order chi connectivity index (χ1) is 12.8. The molecule has 0 bridgehead atoms. The molecule has 0 aliphatic carbocycles. The molecular weight excluding hydrogens is 398 g/mol. The van der Waals surface area contributed by atoms with Gasteiger partial charge in [-0.25, -0.2) is 8.42 Å². The van der Waals surface area contributed by atoms with E-state index in [-0.39, 0.29) is 18.3 Å². The van der Waals surface area contributed by atoms with Gasteiger partial charge < -0.3 is 10.6 Å². The first kappa shape index (κ1) is 22.4. The number of nitrogens with two attached hydrogens (primary N) is 1. The van der Waals surface area contributed by atoms with Crippen molar-refractivity contribution in [2.45, 2.75) is 25.3 Å². The Kier molecular flexibility index (Phi) is 7.22. The first-order valence-corrected chi connectivity index (χ1v) is 10.4. The zero-order valence-corrected chi connectivity index (χ0v) is 17.7. The molecule has 3 rings (SSSR count). The minimum atomic E-state index is -3.54. The van der Waals surface area contributed by atoms with Crippen LogP contribution in [0.5, 0.6) is 0 Å². The van der Waals surface area contributed by atoms with Gasteiger partial charge in [-0.3, -0.25) is 4.79 Å². The molecule has 28 heavy (non-hydrogen) atoms. The second-order valence-corrected chi connectivity index (χ2v) is 8.78. The second kappa shape index (κ2) is 9.05. The number of aryl methyl sites for hydroxylation is 2. The number of sulfonamides is 1. The molecule has 0 spiro atoms. The lowest BCUT2D eigenvalue weighted by molar-refractivity contribution is 0.0698. The van der Waals surface area contributed by atoms with Crippen LogP contribution in [0.1, 0.15) is 27.0 Å². The quantitative estimate of drug-likeness (QED) is 0.817. The summed E-state index contributed by atoms with van der Waals surface area (Å²) < 4.78 is 27.2. The third-order valence-corrected chi connectivity index (χ3v) is 6.97. The summed E-state index contributed by atoms with van der Waals surface area (Å²) in [6.07, 6.45) is 0. The Bertz CT molecular complexity index is 938. The zero-order valence-electron chi connectivity index (χ0n) is 16.1. The third-order valence-electron chi connectivity index (χ3n) is 5.08. The summed E-state index contributed by atoms with van der Waals surface area (Å²) in [7, 11) is -3.54. The van der Waals surface area contributed by atoms with Crippen LogP contribution in [0.25, 0.3) is 0 Å². The predicted octanol–water partition coefficient (Wildman–Crippen LogP) is 2.33. The summed E-state index contributed by atoms with van der Waals surface area (Å²) in [4.78, 5) is 14.6. The summed E-state index contributed by atoms with van der Waals surface area (Å²) in [5.74, 6) is -0.0817. The fourth-order valence-electron chi connectivity index (χ4n) is 3.12. The molecule has 2 N–H and O–H groups in total. The number of nitrogens with zero attached hydrogens (tertiary/aromatic N) is 2. The van der Waals surface area contributed by atoms with Gasteiger partial charge in [0.05, 0.1) is 4.90 Å². The standard InChI is InChI=1S/C20H25N3O3S.ClH/c1-15-3-8-19(13-16(15)2)27(25,26)23-11-9-22(10-12-23)20(24)18-6-4-17(14-21)5-7-18;/h3-8,13H,9-12,14,21H2,1-2H3;1H. The van der Waals surface area contributed by atoms with Crippen LogP contribution in [0, 0.1) is 13.8 Å². The van der Waals surface area contributed by atoms with E-state index in [2.05, 4.69) is 0 Å². The van der Waals surface area contributed by atoms with Crippen molar-refractivity contribution in [1.82, 2.24) is 9.21 Å². The summed E-state index contributed by atoms with van der Waals surface area (Å²) in [5, 5.41) is 0. The van der Waals surface area contributed by atoms with Crippen LogP contribution in [0.4, 0.5) is 0 Å². The largest absolute Gasteiger partial charge is 0.336 e. The Morgan fingerprint density at radius 3 is 2.11 bits per heavy atom. The molecule has 0 atom stereocenters. The van der Waals surface area contributed by atoms with Crippen molar-refractivity contribution >= 4 is 28.3 Å². The molecule has 1 saturated heterocycles. The van der Waals surface area contributed by atoms with E-state index in [0.29, 0.717) is 43.2 Å². The highest BCUT2D eigenvalue weighted by Crippen LogP contribution is 2.21. The normalized spacial score (nSPS) is 15.2. The number of halogens is 1. The van der Waals surface area contributed by atoms with Crippen LogP contribution in [-0.2, 0) is 16.6 Å². The van der Waals surface area contributed by atoms with Crippen molar-refractivity contribution in [3.8, 4) is 0 Å². The van der Waals surface area contributed by atoms with E-state index in [9.17, 15) is 13.2 Å². The van der Waals surface area contributed by atoms with Gasteiger partial charge in [0.15, 0.2) is 0 Å². The summed E-state index contributed by atoms with van der Waals surface area (Å²) in [5.41, 5.74) is 9.16. The van der Waals surface area contributed by atoms with Crippen LogP contribution in [0.3, 0.4) is 0 Å². The summed E-state index contributed by atoms with van der Waals surface area (Å²) in [6, 6.07) is 12.4. The van der Waals surface area contributed by atoms with Crippen LogP contribution >= 0.6 is 12.4 Å². The molecular formula is C20H26ClN3O3S. The van der Waals surface area contributed by atoms with Gasteiger partial charge in [0.25, 0.3) is 5.91 Å². The van der Waals surface area contributed by atoms with Gasteiger partial charge in [-0.2, -0.15) is 4.31 Å². The Labute approximate surface area is 172 Å². The molecule has 152 valence electrons. The molecule has 8 heteroatoms. The minimum absolute atomic E-state index is 0. The number of hydrogen-bond donors (Lipinski definition) is 1. The molecule has 2 aromatic rings. The Morgan fingerprint density at radius 1 is 0.964 bits per heavy atom. The lowest BCUT2D eigenvalue weighted by Crippen LogP contribution is -2.50. The maximum Gasteiger partial charge on any atom is 0.253 e. The lowest BCUT2D eigenvalue weighted by Gasteiger charge is -2.34. The average molecular weight is 424 g/mol. The van der Waals surface area contributed by atoms with E-state index in [4.69, 9.17) is 5.73 Å². The first-order valence-electron chi connectivity index (χ1n) is 8.98. The lowest BCUT2D eigenvalue weighted by atomic mass is 10.1. The van der Waals surface area contributed by atoms with Gasteiger partial charge in [0.2, 0.25) is 10.0 Å². The zero-order chi connectivity index (χ0) is 19.6. The number of rotatable bonds is 4. The van der Waals surface area contributed by atoms with Gasteiger partial charge >= 0.3 is 0 Å². The molecule has 0 radical (unpaired) electrons. The molecule has 0 unspecified atom stereocenters. The fraction of sp³-hybridized carbons (Fsp3) is 0.350. The van der Waals surface area contributed by atoms with Crippen molar-refractivity contribution in [2.24, 2.45) is 5.73 Å². The number of hydrogen-bond acceptors (Lipinski definition) is 4. The molecule has 0 aromatic heterocycles. The monoisotopic (exact) mass is 423 g/mol. The average Bonchev–Trinajstić information content (AvgIpc) is 2.69. The van der Waals surface area contributed by atoms with Gasteiger partial charge in [0, 0.05) is 38.3 Å². The molecule has 1 aliphatic rings. The van der Waals surface area contributed by atoms with Crippen LogP contribution in [0.2, 0.25) is 0 Å². The molecule has 6 nitrogen and oxygen atoms in total. The fourth-order valence-corrected chi connectivity index (χ4v) is 4.63. The van der Waals surface area contributed by atoms with Crippen molar-refractivity contribution in [3.63, 3.8) is 0 Å². The highest BCUT2D eigenvalue weighted by molar-refractivity contribution is 7.89. The Morgan fingerprint density at radius 2 is 1.57 bits per heavy atom. The van der Waals surface area contributed by atoms with E-state index in [0.717, 1.165) is 16.7 Å². The number of amides is 1. The van der Waals surface area contributed by atoms with Crippen molar-refractivity contribution in [1.29, 1.82) is 0 Å². The predicted molar refractivity (Wildman–Crippen MR) is 112 cm³/mol. The van der Waals surface area contributed by atoms with E-state index < -0.39 is 10.0 Å². The number of benzene rings is 2. The van der Waals surface area contributed by atoms with Crippen LogP contribution in [0.15, 0.2) is 47.4 Å². The maximum atomic E-state index is 12.9. The molecule has 0 saturated carbocycles. The van der Waals surface area contributed by atoms with Crippen LogP contribution < -0.4 is 5.73 Å². The Hall–Kier alpha value is -1.93. The minimum Gasteiger partial charge on any atom is -0.336 e. The van der Waals surface area contributed by atoms with E-state index in [1.165, 1.54) is 4.31 Å². The molecule has 1 amide bonds. The Balaban J connectivity index is 0.00000280. The van der Waals surface area contributed by atoms with Crippen molar-refractivity contribution < 1.29 is 13.2 Å². The SMILES string of the molecule is Cc1ccc(S(=O)(=O)N2CCN(C(=O)c3ccc(CN)cc3)CC2)cc1C.Cl. The highest BCUT2D eigenvalue weighted by Gasteiger charge is 2.30. The van der Waals surface area contributed by atoms with E-state index in [1.807, 2.05) is 32.0 Å². The molecule has 1 heterocycles. The van der Waals surface area contributed by atoms with Crippen molar-refractivity contribution in [2.75, 3.05) is 26.2 Å². The van der Waals surface area contributed by atoms with Gasteiger partial charge in [-0.15, -0.1) is 12.4 Å². The van der Waals surface area contributed by atoms with E-state index >= 15 is 0 Å². The van der Waals surface area contributed by atoms with Crippen LogP contribution in [-0.4, -0.2) is 49.7 Å². The molecule has 2 aromatic carbocycles. The number of piperazine rings is 1. The topological polar surface area (TPSA) is 83.7 Å². The molecule has 1 aliphatic heterocycles. The second-order valence-electron chi connectivity index (χ2n) is 6.84. The van der Waals surface area contributed by atoms with Gasteiger partial charge in [-0.05, 0) is 54.8 Å². The number of carbonyl (C=O) groups is 1. The molecule has 1 fully saturated rings. The summed E-state index contributed by atoms with van der Waals surface area (Å²) in [6.45, 7) is 5.63. The van der Waals surface area contributed by atoms with Gasteiger partial charge in [0.1, 0.15) is 0 Å². The summed E-state index contributed by atoms with van der Waals surface area (Å²) >= 11 is 0. The smallest absolute Gasteiger partial charge is 0.253 e.